The van der Waals surface area contributed by atoms with Gasteiger partial charge in [0.15, 0.2) is 5.69 Å². The maximum Gasteiger partial charge on any atom is 0.358 e. The van der Waals surface area contributed by atoms with Crippen molar-refractivity contribution >= 4 is 12.0 Å². The number of carboxylic acid groups (broad SMARTS) is 1. The van der Waals surface area contributed by atoms with Crippen LogP contribution in [0.15, 0.2) is 6.20 Å². The highest BCUT2D eigenvalue weighted by Crippen LogP contribution is 2.26. The third kappa shape index (κ3) is 2.45. The van der Waals surface area contributed by atoms with E-state index in [0.29, 0.717) is 19.1 Å². The van der Waals surface area contributed by atoms with Crippen molar-refractivity contribution in [2.45, 2.75) is 38.3 Å². The molecule has 8 nitrogen and oxygen atoms in total. The molecule has 0 radical (unpaired) electrons. The van der Waals surface area contributed by atoms with Crippen LogP contribution in [0.4, 0.5) is 4.79 Å². The minimum atomic E-state index is -1.09. The topological polar surface area (TPSA) is 91.6 Å². The lowest BCUT2D eigenvalue weighted by Gasteiger charge is -2.41. The lowest BCUT2D eigenvalue weighted by molar-refractivity contribution is 0.0689. The van der Waals surface area contributed by atoms with Crippen LogP contribution in [0.5, 0.6) is 0 Å². The van der Waals surface area contributed by atoms with Crippen LogP contribution >= 0.6 is 0 Å². The predicted molar refractivity (Wildman–Crippen MR) is 73.0 cm³/mol. The van der Waals surface area contributed by atoms with Crippen LogP contribution in [0.2, 0.25) is 0 Å². The van der Waals surface area contributed by atoms with Gasteiger partial charge in [-0.15, -0.1) is 5.10 Å². The largest absolute Gasteiger partial charge is 0.476 e. The van der Waals surface area contributed by atoms with Crippen LogP contribution in [-0.4, -0.2) is 67.6 Å². The normalized spacial score (nSPS) is 22.4. The summed E-state index contributed by atoms with van der Waals surface area (Å²) >= 11 is 0. The quantitative estimate of drug-likeness (QED) is 0.891. The minimum Gasteiger partial charge on any atom is -0.476 e. The van der Waals surface area contributed by atoms with Gasteiger partial charge in [0.25, 0.3) is 0 Å². The second-order valence-electron chi connectivity index (χ2n) is 5.63. The summed E-state index contributed by atoms with van der Waals surface area (Å²) in [6, 6.07) is 0.480. The highest BCUT2D eigenvalue weighted by atomic mass is 16.4. The van der Waals surface area contributed by atoms with Gasteiger partial charge in [0.1, 0.15) is 0 Å². The number of amides is 2. The molecule has 2 fully saturated rings. The van der Waals surface area contributed by atoms with Crippen molar-refractivity contribution in [1.29, 1.82) is 0 Å². The number of hydrogen-bond acceptors (Lipinski definition) is 4. The fraction of sp³-hybridized carbons (Fsp3) is 0.692. The van der Waals surface area contributed by atoms with E-state index < -0.39 is 5.97 Å². The Kier molecular flexibility index (Phi) is 3.52. The molecular formula is C13H19N5O3. The maximum atomic E-state index is 12.4. The first-order valence-electron chi connectivity index (χ1n) is 7.30. The second kappa shape index (κ2) is 5.34. The van der Waals surface area contributed by atoms with Crippen molar-refractivity contribution in [2.24, 2.45) is 0 Å². The number of carbonyl (C=O) groups excluding carboxylic acids is 1. The second-order valence-corrected chi connectivity index (χ2v) is 5.63. The van der Waals surface area contributed by atoms with Gasteiger partial charge in [-0.3, -0.25) is 0 Å². The zero-order valence-corrected chi connectivity index (χ0v) is 12.0. The van der Waals surface area contributed by atoms with Crippen molar-refractivity contribution in [3.8, 4) is 0 Å². The minimum absolute atomic E-state index is 0.0252. The Morgan fingerprint density at radius 2 is 2.19 bits per heavy atom. The number of urea groups is 1. The molecule has 0 spiro atoms. The van der Waals surface area contributed by atoms with E-state index in [2.05, 4.69) is 17.2 Å². The molecule has 2 saturated heterocycles. The molecule has 114 valence electrons. The Morgan fingerprint density at radius 1 is 1.43 bits per heavy atom. The van der Waals surface area contributed by atoms with Crippen molar-refractivity contribution in [3.63, 3.8) is 0 Å². The molecule has 1 aromatic heterocycles. The van der Waals surface area contributed by atoms with E-state index in [-0.39, 0.29) is 17.8 Å². The maximum absolute atomic E-state index is 12.4. The van der Waals surface area contributed by atoms with E-state index in [9.17, 15) is 9.59 Å². The summed E-state index contributed by atoms with van der Waals surface area (Å²) in [6.07, 6.45) is 4.57. The van der Waals surface area contributed by atoms with Crippen LogP contribution in [0.1, 0.15) is 42.7 Å². The molecule has 21 heavy (non-hydrogen) atoms. The molecule has 2 aliphatic heterocycles. The number of carbonyl (C=O) groups is 2. The number of likely N-dealkylation sites (tertiary alicyclic amines) is 2. The average Bonchev–Trinajstić information content (AvgIpc) is 3.05. The highest BCUT2D eigenvalue weighted by Gasteiger charge is 2.38. The van der Waals surface area contributed by atoms with Gasteiger partial charge in [-0.25, -0.2) is 14.3 Å². The van der Waals surface area contributed by atoms with E-state index in [0.717, 1.165) is 25.8 Å². The molecular weight excluding hydrogens is 274 g/mol. The highest BCUT2D eigenvalue weighted by molar-refractivity contribution is 5.84. The van der Waals surface area contributed by atoms with E-state index in [1.165, 1.54) is 10.9 Å². The van der Waals surface area contributed by atoms with E-state index in [4.69, 9.17) is 5.11 Å². The smallest absolute Gasteiger partial charge is 0.358 e. The SMILES string of the molecule is CCC1CCCN1C(=O)N1CC(n2cc(C(=O)O)nn2)C1. The molecule has 1 atom stereocenters. The number of carboxylic acids is 1. The lowest BCUT2D eigenvalue weighted by Crippen LogP contribution is -2.56. The predicted octanol–water partition coefficient (Wildman–Crippen LogP) is 0.827. The van der Waals surface area contributed by atoms with Crippen LogP contribution in [0.25, 0.3) is 0 Å². The van der Waals surface area contributed by atoms with Gasteiger partial charge < -0.3 is 14.9 Å². The van der Waals surface area contributed by atoms with Gasteiger partial charge in [-0.1, -0.05) is 12.1 Å². The first-order chi connectivity index (χ1) is 10.1. The average molecular weight is 293 g/mol. The molecule has 3 rings (SSSR count). The molecule has 1 aromatic rings. The summed E-state index contributed by atoms with van der Waals surface area (Å²) in [5, 5.41) is 16.2. The summed E-state index contributed by atoms with van der Waals surface area (Å²) in [4.78, 5) is 26.9. The number of nitrogens with zero attached hydrogens (tertiary/aromatic N) is 5. The van der Waals surface area contributed by atoms with Crippen LogP contribution in [0.3, 0.4) is 0 Å². The Balaban J connectivity index is 1.57. The molecule has 0 aliphatic carbocycles. The Bertz CT molecular complexity index is 552. The lowest BCUT2D eigenvalue weighted by atomic mass is 10.1. The van der Waals surface area contributed by atoms with Gasteiger partial charge in [0.2, 0.25) is 0 Å². The summed E-state index contributed by atoms with van der Waals surface area (Å²) < 4.78 is 1.54. The molecule has 0 bridgehead atoms. The molecule has 2 aliphatic rings. The van der Waals surface area contributed by atoms with Gasteiger partial charge in [-0.05, 0) is 19.3 Å². The van der Waals surface area contributed by atoms with Crippen LogP contribution < -0.4 is 0 Å². The first kappa shape index (κ1) is 13.8. The summed E-state index contributed by atoms with van der Waals surface area (Å²) in [5.41, 5.74) is -0.0645. The third-order valence-electron chi connectivity index (χ3n) is 4.33. The Hall–Kier alpha value is -2.12. The third-order valence-corrected chi connectivity index (χ3v) is 4.33. The standard InChI is InChI=1S/C13H19N5O3/c1-2-9-4-3-5-17(9)13(21)16-6-10(7-16)18-8-11(12(19)20)14-15-18/h8-10H,2-7H2,1H3,(H,19,20). The molecule has 8 heteroatoms. The Morgan fingerprint density at radius 3 is 2.81 bits per heavy atom. The molecule has 0 aromatic carbocycles. The van der Waals surface area contributed by atoms with E-state index in [1.54, 1.807) is 4.90 Å². The van der Waals surface area contributed by atoms with Crippen molar-refractivity contribution in [1.82, 2.24) is 24.8 Å². The molecule has 0 saturated carbocycles. The fourth-order valence-corrected chi connectivity index (χ4v) is 3.03. The summed E-state index contributed by atoms with van der Waals surface area (Å²) in [7, 11) is 0. The van der Waals surface area contributed by atoms with E-state index >= 15 is 0 Å². The monoisotopic (exact) mass is 293 g/mol. The number of hydrogen-bond donors (Lipinski definition) is 1. The van der Waals surface area contributed by atoms with Gasteiger partial charge >= 0.3 is 12.0 Å². The van der Waals surface area contributed by atoms with E-state index in [1.807, 2.05) is 4.90 Å². The number of rotatable bonds is 3. The van der Waals surface area contributed by atoms with Gasteiger partial charge in [0, 0.05) is 25.7 Å². The van der Waals surface area contributed by atoms with Crippen molar-refractivity contribution < 1.29 is 14.7 Å². The number of aromatic nitrogens is 3. The van der Waals surface area contributed by atoms with Crippen LogP contribution in [0, 0.1) is 0 Å². The van der Waals surface area contributed by atoms with Gasteiger partial charge in [0.05, 0.1) is 12.2 Å². The van der Waals surface area contributed by atoms with Gasteiger partial charge in [-0.2, -0.15) is 0 Å². The van der Waals surface area contributed by atoms with Crippen molar-refractivity contribution in [2.75, 3.05) is 19.6 Å². The van der Waals surface area contributed by atoms with Crippen molar-refractivity contribution in [3.05, 3.63) is 11.9 Å². The first-order valence-corrected chi connectivity index (χ1v) is 7.30. The zero-order chi connectivity index (χ0) is 15.0. The molecule has 1 N–H and O–H groups in total. The van der Waals surface area contributed by atoms with Crippen LogP contribution in [-0.2, 0) is 0 Å². The fourth-order valence-electron chi connectivity index (χ4n) is 3.03. The zero-order valence-electron chi connectivity index (χ0n) is 12.0. The molecule has 1 unspecified atom stereocenters. The summed E-state index contributed by atoms with van der Waals surface area (Å²) in [6.45, 7) is 4.07. The molecule has 3 heterocycles. The summed E-state index contributed by atoms with van der Waals surface area (Å²) in [5.74, 6) is -1.09. The molecule has 2 amide bonds. The Labute approximate surface area is 122 Å². The number of aromatic carboxylic acids is 1.